The maximum absolute atomic E-state index is 12.7. The van der Waals surface area contributed by atoms with Crippen molar-refractivity contribution < 1.29 is 4.79 Å². The van der Waals surface area contributed by atoms with Crippen LogP contribution in [0.3, 0.4) is 0 Å². The van der Waals surface area contributed by atoms with Crippen molar-refractivity contribution >= 4 is 11.6 Å². The number of amides is 1. The molecule has 3 rings (SSSR count). The predicted molar refractivity (Wildman–Crippen MR) is 98.8 cm³/mol. The number of carbonyl (C=O) groups is 1. The molecular formula is C20H31N3O. The third kappa shape index (κ3) is 4.17. The summed E-state index contributed by atoms with van der Waals surface area (Å²) in [5.41, 5.74) is 3.71. The molecule has 0 saturated carbocycles. The van der Waals surface area contributed by atoms with E-state index < -0.39 is 0 Å². The SMILES string of the molecule is CC(C)CCN1Cc2cccc(NC(=O)[C@H]3CCN[C@@H](C)C3)c2C1. The zero-order chi connectivity index (χ0) is 17.1. The van der Waals surface area contributed by atoms with Crippen molar-refractivity contribution in [3.63, 3.8) is 0 Å². The lowest BCUT2D eigenvalue weighted by atomic mass is 9.92. The van der Waals surface area contributed by atoms with E-state index in [0.29, 0.717) is 6.04 Å². The molecule has 1 saturated heterocycles. The minimum atomic E-state index is 0.135. The molecule has 0 spiro atoms. The second kappa shape index (κ2) is 7.66. The maximum atomic E-state index is 12.7. The van der Waals surface area contributed by atoms with Crippen LogP contribution in [0, 0.1) is 11.8 Å². The fourth-order valence-corrected chi connectivity index (χ4v) is 3.81. The standard InChI is InChI=1S/C20H31N3O/c1-14(2)8-10-23-12-17-5-4-6-19(18(17)13-23)22-20(24)16-7-9-21-15(3)11-16/h4-6,14-16,21H,7-13H2,1-3H3,(H,22,24)/t15-,16-/m0/s1. The molecule has 1 aromatic rings. The zero-order valence-corrected chi connectivity index (χ0v) is 15.3. The summed E-state index contributed by atoms with van der Waals surface area (Å²) in [7, 11) is 0. The average molecular weight is 329 g/mol. The summed E-state index contributed by atoms with van der Waals surface area (Å²) in [6.45, 7) is 10.7. The molecule has 2 N–H and O–H groups in total. The fraction of sp³-hybridized carbons (Fsp3) is 0.650. The molecule has 0 bridgehead atoms. The first-order valence-corrected chi connectivity index (χ1v) is 9.40. The number of piperidine rings is 1. The lowest BCUT2D eigenvalue weighted by Crippen LogP contribution is -2.40. The van der Waals surface area contributed by atoms with E-state index in [1.807, 2.05) is 0 Å². The van der Waals surface area contributed by atoms with Gasteiger partial charge in [-0.1, -0.05) is 26.0 Å². The summed E-state index contributed by atoms with van der Waals surface area (Å²) in [6, 6.07) is 6.77. The first-order valence-electron chi connectivity index (χ1n) is 9.40. The first-order chi connectivity index (χ1) is 11.5. The third-order valence-corrected chi connectivity index (χ3v) is 5.32. The van der Waals surface area contributed by atoms with Gasteiger partial charge in [-0.3, -0.25) is 9.69 Å². The molecule has 0 aliphatic carbocycles. The quantitative estimate of drug-likeness (QED) is 0.870. The number of fused-ring (bicyclic) bond motifs is 1. The Morgan fingerprint density at radius 2 is 2.21 bits per heavy atom. The van der Waals surface area contributed by atoms with Gasteiger partial charge in [0.1, 0.15) is 0 Å². The highest BCUT2D eigenvalue weighted by Gasteiger charge is 2.27. The Morgan fingerprint density at radius 3 is 2.96 bits per heavy atom. The lowest BCUT2D eigenvalue weighted by Gasteiger charge is -2.27. The van der Waals surface area contributed by atoms with Crippen LogP contribution in [0.2, 0.25) is 0 Å². The molecule has 0 radical (unpaired) electrons. The molecule has 2 aliphatic rings. The molecule has 1 amide bonds. The van der Waals surface area contributed by atoms with Crippen LogP contribution in [0.4, 0.5) is 5.69 Å². The Hall–Kier alpha value is -1.39. The summed E-state index contributed by atoms with van der Waals surface area (Å²) in [5, 5.41) is 6.64. The third-order valence-electron chi connectivity index (χ3n) is 5.32. The highest BCUT2D eigenvalue weighted by Crippen LogP contribution is 2.30. The lowest BCUT2D eigenvalue weighted by molar-refractivity contribution is -0.120. The number of rotatable bonds is 5. The molecular weight excluding hydrogens is 298 g/mol. The topological polar surface area (TPSA) is 44.4 Å². The van der Waals surface area contributed by atoms with Gasteiger partial charge in [0, 0.05) is 30.7 Å². The zero-order valence-electron chi connectivity index (χ0n) is 15.3. The number of carbonyl (C=O) groups excluding carboxylic acids is 1. The van der Waals surface area contributed by atoms with Crippen LogP contribution in [0.25, 0.3) is 0 Å². The Kier molecular flexibility index (Phi) is 5.57. The summed E-state index contributed by atoms with van der Waals surface area (Å²) in [6.07, 6.45) is 3.09. The second-order valence-corrected chi connectivity index (χ2v) is 7.90. The van der Waals surface area contributed by atoms with Crippen molar-refractivity contribution in [3.05, 3.63) is 29.3 Å². The summed E-state index contributed by atoms with van der Waals surface area (Å²) < 4.78 is 0. The van der Waals surface area contributed by atoms with E-state index in [-0.39, 0.29) is 11.8 Å². The Balaban J connectivity index is 1.64. The number of benzene rings is 1. The van der Waals surface area contributed by atoms with Crippen LogP contribution < -0.4 is 10.6 Å². The van der Waals surface area contributed by atoms with Crippen LogP contribution >= 0.6 is 0 Å². The minimum Gasteiger partial charge on any atom is -0.326 e. The molecule has 0 unspecified atom stereocenters. The number of anilines is 1. The van der Waals surface area contributed by atoms with E-state index >= 15 is 0 Å². The van der Waals surface area contributed by atoms with Crippen molar-refractivity contribution in [1.82, 2.24) is 10.2 Å². The normalized spacial score (nSPS) is 24.2. The Labute approximate surface area is 146 Å². The molecule has 132 valence electrons. The van der Waals surface area contributed by atoms with Gasteiger partial charge < -0.3 is 10.6 Å². The van der Waals surface area contributed by atoms with E-state index in [2.05, 4.69) is 54.5 Å². The number of nitrogens with zero attached hydrogens (tertiary/aromatic N) is 1. The van der Waals surface area contributed by atoms with E-state index in [1.165, 1.54) is 17.5 Å². The second-order valence-electron chi connectivity index (χ2n) is 7.90. The Morgan fingerprint density at radius 1 is 1.38 bits per heavy atom. The Bertz CT molecular complexity index is 584. The molecule has 4 heteroatoms. The van der Waals surface area contributed by atoms with Crippen molar-refractivity contribution in [3.8, 4) is 0 Å². The van der Waals surface area contributed by atoms with Crippen molar-refractivity contribution in [2.24, 2.45) is 11.8 Å². The van der Waals surface area contributed by atoms with Gasteiger partial charge in [0.2, 0.25) is 5.91 Å². The van der Waals surface area contributed by atoms with E-state index in [9.17, 15) is 4.79 Å². The molecule has 4 nitrogen and oxygen atoms in total. The molecule has 2 atom stereocenters. The number of hydrogen-bond acceptors (Lipinski definition) is 3. The van der Waals surface area contributed by atoms with Crippen molar-refractivity contribution in [1.29, 1.82) is 0 Å². The van der Waals surface area contributed by atoms with Crippen molar-refractivity contribution in [2.45, 2.75) is 59.2 Å². The summed E-state index contributed by atoms with van der Waals surface area (Å²) >= 11 is 0. The molecule has 0 aromatic heterocycles. The fourth-order valence-electron chi connectivity index (χ4n) is 3.81. The summed E-state index contributed by atoms with van der Waals surface area (Å²) in [5.74, 6) is 1.06. The molecule has 2 heterocycles. The maximum Gasteiger partial charge on any atom is 0.227 e. The summed E-state index contributed by atoms with van der Waals surface area (Å²) in [4.78, 5) is 15.1. The minimum absolute atomic E-state index is 0.135. The van der Waals surface area contributed by atoms with Crippen LogP contribution in [-0.2, 0) is 17.9 Å². The van der Waals surface area contributed by atoms with Crippen LogP contribution in [0.5, 0.6) is 0 Å². The predicted octanol–water partition coefficient (Wildman–Crippen LogP) is 3.37. The largest absolute Gasteiger partial charge is 0.326 e. The van der Waals surface area contributed by atoms with Crippen LogP contribution in [0.15, 0.2) is 18.2 Å². The average Bonchev–Trinajstić information content (AvgIpc) is 2.97. The number of hydrogen-bond donors (Lipinski definition) is 2. The van der Waals surface area contributed by atoms with Gasteiger partial charge in [0.15, 0.2) is 0 Å². The van der Waals surface area contributed by atoms with Crippen LogP contribution in [-0.4, -0.2) is 29.9 Å². The smallest absolute Gasteiger partial charge is 0.227 e. The van der Waals surface area contributed by atoms with Gasteiger partial charge in [0.05, 0.1) is 0 Å². The highest BCUT2D eigenvalue weighted by molar-refractivity contribution is 5.93. The van der Waals surface area contributed by atoms with Crippen molar-refractivity contribution in [2.75, 3.05) is 18.4 Å². The van der Waals surface area contributed by atoms with E-state index in [0.717, 1.165) is 50.6 Å². The van der Waals surface area contributed by atoms with E-state index in [1.54, 1.807) is 0 Å². The van der Waals surface area contributed by atoms with Crippen LogP contribution in [0.1, 0.15) is 51.2 Å². The van der Waals surface area contributed by atoms with E-state index in [4.69, 9.17) is 0 Å². The molecule has 1 fully saturated rings. The van der Waals surface area contributed by atoms with Gasteiger partial charge in [-0.25, -0.2) is 0 Å². The van der Waals surface area contributed by atoms with Gasteiger partial charge in [-0.2, -0.15) is 0 Å². The van der Waals surface area contributed by atoms with Gasteiger partial charge in [-0.15, -0.1) is 0 Å². The molecule has 24 heavy (non-hydrogen) atoms. The highest BCUT2D eigenvalue weighted by atomic mass is 16.1. The van der Waals surface area contributed by atoms with Gasteiger partial charge in [0.25, 0.3) is 0 Å². The van der Waals surface area contributed by atoms with Gasteiger partial charge in [-0.05, 0) is 62.4 Å². The molecule has 1 aromatic carbocycles. The first kappa shape index (κ1) is 17.4. The number of nitrogens with one attached hydrogen (secondary N) is 2. The molecule has 2 aliphatic heterocycles. The monoisotopic (exact) mass is 329 g/mol. The van der Waals surface area contributed by atoms with Gasteiger partial charge >= 0.3 is 0 Å².